The Labute approximate surface area is 112 Å². The van der Waals surface area contributed by atoms with Crippen LogP contribution in [0.4, 0.5) is 0 Å². The number of hydrogen-bond donors (Lipinski definition) is 2. The first-order valence-corrected chi connectivity index (χ1v) is 6.58. The van der Waals surface area contributed by atoms with Gasteiger partial charge in [-0.15, -0.1) is 0 Å². The van der Waals surface area contributed by atoms with Crippen molar-refractivity contribution in [1.29, 1.82) is 5.41 Å². The predicted octanol–water partition coefficient (Wildman–Crippen LogP) is 3.74. The maximum atomic E-state index is 7.47. The summed E-state index contributed by atoms with van der Waals surface area (Å²) >= 11 is 1.74. The lowest BCUT2D eigenvalue weighted by molar-refractivity contribution is 1.27. The SMILES string of the molecule is Cc1ccccc1Sc1ccc(C(=N)N)c(C)c1. The average molecular weight is 256 g/mol. The minimum atomic E-state index is 0.125. The molecule has 3 N–H and O–H groups in total. The molecule has 0 aliphatic heterocycles. The fourth-order valence-corrected chi connectivity index (χ4v) is 2.80. The van der Waals surface area contributed by atoms with Gasteiger partial charge in [0.05, 0.1) is 0 Å². The quantitative estimate of drug-likeness (QED) is 0.649. The molecular weight excluding hydrogens is 240 g/mol. The van der Waals surface area contributed by atoms with Gasteiger partial charge in [-0.05, 0) is 49.2 Å². The van der Waals surface area contributed by atoms with Crippen molar-refractivity contribution in [3.8, 4) is 0 Å². The minimum absolute atomic E-state index is 0.125. The van der Waals surface area contributed by atoms with Crippen molar-refractivity contribution in [3.05, 3.63) is 59.2 Å². The zero-order valence-electron chi connectivity index (χ0n) is 10.5. The van der Waals surface area contributed by atoms with Crippen LogP contribution >= 0.6 is 11.8 Å². The number of aryl methyl sites for hydroxylation is 2. The Balaban J connectivity index is 2.29. The highest BCUT2D eigenvalue weighted by atomic mass is 32.2. The molecule has 0 aliphatic carbocycles. The number of nitrogen functional groups attached to an aromatic ring is 1. The molecule has 0 saturated carbocycles. The number of benzene rings is 2. The van der Waals surface area contributed by atoms with Gasteiger partial charge in [0.2, 0.25) is 0 Å². The van der Waals surface area contributed by atoms with Crippen molar-refractivity contribution >= 4 is 17.6 Å². The first-order valence-electron chi connectivity index (χ1n) is 5.76. The average Bonchev–Trinajstić information content (AvgIpc) is 2.32. The van der Waals surface area contributed by atoms with Crippen LogP contribution in [0.5, 0.6) is 0 Å². The van der Waals surface area contributed by atoms with Crippen molar-refractivity contribution < 1.29 is 0 Å². The molecule has 92 valence electrons. The molecule has 18 heavy (non-hydrogen) atoms. The fraction of sp³-hybridized carbons (Fsp3) is 0.133. The Bertz CT molecular complexity index is 591. The molecule has 0 amide bonds. The van der Waals surface area contributed by atoms with Crippen LogP contribution in [0.15, 0.2) is 52.3 Å². The summed E-state index contributed by atoms with van der Waals surface area (Å²) in [6.45, 7) is 4.10. The highest BCUT2D eigenvalue weighted by Gasteiger charge is 2.05. The number of rotatable bonds is 3. The molecule has 0 fully saturated rings. The van der Waals surface area contributed by atoms with E-state index in [4.69, 9.17) is 11.1 Å². The van der Waals surface area contributed by atoms with Crippen molar-refractivity contribution in [2.45, 2.75) is 23.6 Å². The zero-order valence-corrected chi connectivity index (χ0v) is 11.3. The van der Waals surface area contributed by atoms with E-state index in [0.29, 0.717) is 0 Å². The predicted molar refractivity (Wildman–Crippen MR) is 77.5 cm³/mol. The molecule has 0 atom stereocenters. The van der Waals surface area contributed by atoms with E-state index in [1.54, 1.807) is 11.8 Å². The summed E-state index contributed by atoms with van der Waals surface area (Å²) in [7, 11) is 0. The fourth-order valence-electron chi connectivity index (χ4n) is 1.80. The van der Waals surface area contributed by atoms with Gasteiger partial charge in [0, 0.05) is 15.4 Å². The van der Waals surface area contributed by atoms with Gasteiger partial charge in [-0.1, -0.05) is 30.0 Å². The van der Waals surface area contributed by atoms with Gasteiger partial charge in [0.15, 0.2) is 0 Å². The summed E-state index contributed by atoms with van der Waals surface area (Å²) in [4.78, 5) is 2.43. The Kier molecular flexibility index (Phi) is 3.72. The summed E-state index contributed by atoms with van der Waals surface area (Å²) < 4.78 is 0. The monoisotopic (exact) mass is 256 g/mol. The second-order valence-electron chi connectivity index (χ2n) is 4.26. The molecule has 0 heterocycles. The van der Waals surface area contributed by atoms with Crippen molar-refractivity contribution in [3.63, 3.8) is 0 Å². The van der Waals surface area contributed by atoms with Gasteiger partial charge in [-0.25, -0.2) is 0 Å². The molecule has 2 nitrogen and oxygen atoms in total. The molecule has 0 spiro atoms. The third-order valence-electron chi connectivity index (χ3n) is 2.81. The molecule has 0 aromatic heterocycles. The van der Waals surface area contributed by atoms with Gasteiger partial charge in [-0.2, -0.15) is 0 Å². The largest absolute Gasteiger partial charge is 0.384 e. The lowest BCUT2D eigenvalue weighted by Gasteiger charge is -2.08. The highest BCUT2D eigenvalue weighted by molar-refractivity contribution is 7.99. The van der Waals surface area contributed by atoms with Crippen molar-refractivity contribution in [2.24, 2.45) is 5.73 Å². The van der Waals surface area contributed by atoms with E-state index >= 15 is 0 Å². The van der Waals surface area contributed by atoms with Crippen LogP contribution in [0.1, 0.15) is 16.7 Å². The number of hydrogen-bond acceptors (Lipinski definition) is 2. The third kappa shape index (κ3) is 2.74. The number of amidine groups is 1. The Morgan fingerprint density at radius 2 is 1.78 bits per heavy atom. The van der Waals surface area contributed by atoms with E-state index in [9.17, 15) is 0 Å². The van der Waals surface area contributed by atoms with Gasteiger partial charge < -0.3 is 5.73 Å². The van der Waals surface area contributed by atoms with E-state index in [1.165, 1.54) is 15.4 Å². The Morgan fingerprint density at radius 1 is 1.06 bits per heavy atom. The molecule has 3 heteroatoms. The van der Waals surface area contributed by atoms with E-state index in [1.807, 2.05) is 31.2 Å². The van der Waals surface area contributed by atoms with Crippen LogP contribution in [0.2, 0.25) is 0 Å². The maximum Gasteiger partial charge on any atom is 0.123 e. The van der Waals surface area contributed by atoms with E-state index in [-0.39, 0.29) is 5.84 Å². The molecular formula is C15H16N2S. The van der Waals surface area contributed by atoms with Crippen molar-refractivity contribution in [2.75, 3.05) is 0 Å². The first-order chi connectivity index (χ1) is 8.58. The molecule has 2 aromatic carbocycles. The minimum Gasteiger partial charge on any atom is -0.384 e. The van der Waals surface area contributed by atoms with Crippen molar-refractivity contribution in [1.82, 2.24) is 0 Å². The topological polar surface area (TPSA) is 49.9 Å². The van der Waals surface area contributed by atoms with Gasteiger partial charge in [-0.3, -0.25) is 5.41 Å². The van der Waals surface area contributed by atoms with Crippen LogP contribution in [0, 0.1) is 19.3 Å². The Morgan fingerprint density at radius 3 is 2.39 bits per heavy atom. The van der Waals surface area contributed by atoms with Crippen LogP contribution in [0.3, 0.4) is 0 Å². The van der Waals surface area contributed by atoms with Crippen LogP contribution < -0.4 is 5.73 Å². The van der Waals surface area contributed by atoms with Gasteiger partial charge in [0.1, 0.15) is 5.84 Å². The van der Waals surface area contributed by atoms with Crippen LogP contribution in [-0.4, -0.2) is 5.84 Å². The summed E-state index contributed by atoms with van der Waals surface area (Å²) in [5, 5.41) is 7.47. The summed E-state index contributed by atoms with van der Waals surface area (Å²) in [6, 6.07) is 14.3. The summed E-state index contributed by atoms with van der Waals surface area (Å²) in [5.41, 5.74) is 8.64. The summed E-state index contributed by atoms with van der Waals surface area (Å²) in [5.74, 6) is 0.125. The summed E-state index contributed by atoms with van der Waals surface area (Å²) in [6.07, 6.45) is 0. The second-order valence-corrected chi connectivity index (χ2v) is 5.37. The van der Waals surface area contributed by atoms with Crippen LogP contribution in [-0.2, 0) is 0 Å². The molecule has 0 bridgehead atoms. The van der Waals surface area contributed by atoms with Gasteiger partial charge >= 0.3 is 0 Å². The zero-order chi connectivity index (χ0) is 13.1. The van der Waals surface area contributed by atoms with E-state index in [2.05, 4.69) is 25.1 Å². The van der Waals surface area contributed by atoms with Crippen LogP contribution in [0.25, 0.3) is 0 Å². The van der Waals surface area contributed by atoms with E-state index in [0.717, 1.165) is 11.1 Å². The molecule has 0 radical (unpaired) electrons. The normalized spacial score (nSPS) is 10.3. The standard InChI is InChI=1S/C15H16N2S/c1-10-5-3-4-6-14(10)18-12-7-8-13(15(16)17)11(2)9-12/h3-9H,1-2H3,(H3,16,17). The first kappa shape index (κ1) is 12.7. The van der Waals surface area contributed by atoms with E-state index < -0.39 is 0 Å². The smallest absolute Gasteiger partial charge is 0.123 e. The maximum absolute atomic E-state index is 7.47. The number of nitrogens with one attached hydrogen (secondary N) is 1. The number of nitrogens with two attached hydrogens (primary N) is 1. The third-order valence-corrected chi connectivity index (χ3v) is 3.98. The second kappa shape index (κ2) is 5.27. The molecule has 0 aliphatic rings. The molecule has 0 saturated heterocycles. The molecule has 0 unspecified atom stereocenters. The lowest BCUT2D eigenvalue weighted by atomic mass is 10.1. The van der Waals surface area contributed by atoms with Gasteiger partial charge in [0.25, 0.3) is 0 Å². The Hall–Kier alpha value is -1.74. The molecule has 2 aromatic rings. The molecule has 2 rings (SSSR count). The lowest BCUT2D eigenvalue weighted by Crippen LogP contribution is -2.12. The highest BCUT2D eigenvalue weighted by Crippen LogP contribution is 2.31.